The van der Waals surface area contributed by atoms with Crippen molar-refractivity contribution in [1.29, 1.82) is 0 Å². The number of benzene rings is 1. The van der Waals surface area contributed by atoms with Gasteiger partial charge in [0.15, 0.2) is 5.96 Å². The second kappa shape index (κ2) is 11.6. The van der Waals surface area contributed by atoms with Crippen LogP contribution in [0.1, 0.15) is 56.9 Å². The maximum absolute atomic E-state index is 12.6. The van der Waals surface area contributed by atoms with Gasteiger partial charge in [0.05, 0.1) is 0 Å². The third-order valence-corrected chi connectivity index (χ3v) is 6.01. The number of nitrogens with zero attached hydrogens (tertiary/aromatic N) is 2. The summed E-state index contributed by atoms with van der Waals surface area (Å²) in [6.07, 6.45) is 6.64. The minimum absolute atomic E-state index is 0. The number of hydrogen-bond donors (Lipinski definition) is 2. The van der Waals surface area contributed by atoms with E-state index in [0.717, 1.165) is 51.3 Å². The lowest BCUT2D eigenvalue weighted by molar-refractivity contribution is -0.134. The zero-order chi connectivity index (χ0) is 19.1. The van der Waals surface area contributed by atoms with Crippen molar-refractivity contribution >= 4 is 35.8 Å². The van der Waals surface area contributed by atoms with Gasteiger partial charge in [-0.3, -0.25) is 9.79 Å². The van der Waals surface area contributed by atoms with Crippen LogP contribution in [0.25, 0.3) is 0 Å². The molecule has 0 radical (unpaired) electrons. The van der Waals surface area contributed by atoms with E-state index in [1.807, 2.05) is 7.05 Å². The Morgan fingerprint density at radius 1 is 1.21 bits per heavy atom. The molecule has 2 unspecified atom stereocenters. The summed E-state index contributed by atoms with van der Waals surface area (Å²) in [4.78, 5) is 19.0. The van der Waals surface area contributed by atoms with Crippen LogP contribution in [0.4, 0.5) is 0 Å². The predicted octanol–water partition coefficient (Wildman–Crippen LogP) is 3.75. The molecule has 156 valence electrons. The molecule has 3 rings (SSSR count). The standard InChI is InChI=1S/C22H34N4O.HI/c1-17(18-8-4-3-5-9-18)12-14-24-22(23-2)25-20-13-15-26(16-20)21(27)19-10-6-7-11-19;/h3-5,8-9,17,19-20H,6-7,10-16H2,1-2H3,(H2,23,24,25);1H. The maximum Gasteiger partial charge on any atom is 0.225 e. The molecular formula is C22H35IN4O. The minimum Gasteiger partial charge on any atom is -0.356 e. The number of carbonyl (C=O) groups is 1. The number of carbonyl (C=O) groups excluding carboxylic acids is 1. The fourth-order valence-corrected chi connectivity index (χ4v) is 4.25. The molecule has 1 saturated carbocycles. The van der Waals surface area contributed by atoms with Gasteiger partial charge in [-0.2, -0.15) is 0 Å². The summed E-state index contributed by atoms with van der Waals surface area (Å²) in [5, 5.41) is 6.93. The highest BCUT2D eigenvalue weighted by atomic mass is 127. The van der Waals surface area contributed by atoms with Crippen LogP contribution in [0.15, 0.2) is 35.3 Å². The molecular weight excluding hydrogens is 463 g/mol. The highest BCUT2D eigenvalue weighted by Gasteiger charge is 2.32. The molecule has 1 aliphatic heterocycles. The van der Waals surface area contributed by atoms with Crippen molar-refractivity contribution in [2.45, 2.75) is 57.4 Å². The van der Waals surface area contributed by atoms with Crippen molar-refractivity contribution in [3.05, 3.63) is 35.9 Å². The van der Waals surface area contributed by atoms with Crippen molar-refractivity contribution < 1.29 is 4.79 Å². The molecule has 1 saturated heterocycles. The minimum atomic E-state index is 0. The molecule has 0 bridgehead atoms. The van der Waals surface area contributed by atoms with Crippen LogP contribution < -0.4 is 10.6 Å². The first-order chi connectivity index (χ1) is 13.2. The molecule has 2 N–H and O–H groups in total. The van der Waals surface area contributed by atoms with Gasteiger partial charge >= 0.3 is 0 Å². The van der Waals surface area contributed by atoms with E-state index in [-0.39, 0.29) is 29.9 Å². The lowest BCUT2D eigenvalue weighted by Gasteiger charge is -2.22. The normalized spacial score (nSPS) is 21.3. The number of hydrogen-bond acceptors (Lipinski definition) is 2. The lowest BCUT2D eigenvalue weighted by atomic mass is 9.98. The van der Waals surface area contributed by atoms with Gasteiger partial charge in [-0.15, -0.1) is 24.0 Å². The van der Waals surface area contributed by atoms with Crippen LogP contribution in [0.5, 0.6) is 0 Å². The fourth-order valence-electron chi connectivity index (χ4n) is 4.25. The Kier molecular flexibility index (Phi) is 9.55. The van der Waals surface area contributed by atoms with Crippen molar-refractivity contribution in [2.24, 2.45) is 10.9 Å². The quantitative estimate of drug-likeness (QED) is 0.357. The largest absolute Gasteiger partial charge is 0.356 e. The summed E-state index contributed by atoms with van der Waals surface area (Å²) in [5.41, 5.74) is 1.37. The Morgan fingerprint density at radius 2 is 1.93 bits per heavy atom. The Labute approximate surface area is 186 Å². The summed E-state index contributed by atoms with van der Waals surface area (Å²) >= 11 is 0. The van der Waals surface area contributed by atoms with E-state index in [4.69, 9.17) is 0 Å². The number of halogens is 1. The van der Waals surface area contributed by atoms with E-state index >= 15 is 0 Å². The average molecular weight is 498 g/mol. The average Bonchev–Trinajstić information content (AvgIpc) is 3.39. The Morgan fingerprint density at radius 3 is 2.61 bits per heavy atom. The number of nitrogens with one attached hydrogen (secondary N) is 2. The summed E-state index contributed by atoms with van der Waals surface area (Å²) in [7, 11) is 1.81. The molecule has 5 nitrogen and oxygen atoms in total. The number of likely N-dealkylation sites (tertiary alicyclic amines) is 1. The molecule has 1 aliphatic carbocycles. The summed E-state index contributed by atoms with van der Waals surface area (Å²) in [6.45, 7) is 4.81. The molecule has 0 spiro atoms. The predicted molar refractivity (Wildman–Crippen MR) is 126 cm³/mol. The van der Waals surface area contributed by atoms with Gasteiger partial charge in [-0.25, -0.2) is 0 Å². The van der Waals surface area contributed by atoms with Crippen LogP contribution in [0, 0.1) is 5.92 Å². The van der Waals surface area contributed by atoms with E-state index < -0.39 is 0 Å². The zero-order valence-electron chi connectivity index (χ0n) is 17.2. The second-order valence-electron chi connectivity index (χ2n) is 7.99. The van der Waals surface area contributed by atoms with E-state index in [2.05, 4.69) is 57.8 Å². The molecule has 1 aromatic carbocycles. The maximum atomic E-state index is 12.6. The Hall–Kier alpha value is -1.31. The summed E-state index contributed by atoms with van der Waals surface area (Å²) in [6, 6.07) is 10.9. The number of guanidine groups is 1. The fraction of sp³-hybridized carbons (Fsp3) is 0.636. The first-order valence-electron chi connectivity index (χ1n) is 10.5. The topological polar surface area (TPSA) is 56.7 Å². The van der Waals surface area contributed by atoms with Crippen molar-refractivity contribution in [2.75, 3.05) is 26.7 Å². The number of rotatable bonds is 6. The Bertz CT molecular complexity index is 631. The molecule has 0 aromatic heterocycles. The van der Waals surface area contributed by atoms with Gasteiger partial charge in [0.1, 0.15) is 0 Å². The van der Waals surface area contributed by atoms with Crippen LogP contribution in [0.3, 0.4) is 0 Å². The van der Waals surface area contributed by atoms with Gasteiger partial charge in [-0.1, -0.05) is 50.1 Å². The van der Waals surface area contributed by atoms with E-state index in [0.29, 0.717) is 17.9 Å². The van der Waals surface area contributed by atoms with Gasteiger partial charge in [-0.05, 0) is 37.2 Å². The van der Waals surface area contributed by atoms with Gasteiger partial charge in [0, 0.05) is 38.6 Å². The van der Waals surface area contributed by atoms with E-state index in [1.54, 1.807) is 0 Å². The molecule has 2 fully saturated rings. The molecule has 1 heterocycles. The van der Waals surface area contributed by atoms with Crippen molar-refractivity contribution in [1.82, 2.24) is 15.5 Å². The summed E-state index contributed by atoms with van der Waals surface area (Å²) in [5.74, 6) is 2.01. The van der Waals surface area contributed by atoms with E-state index in [1.165, 1.54) is 18.4 Å². The summed E-state index contributed by atoms with van der Waals surface area (Å²) < 4.78 is 0. The molecule has 2 atom stereocenters. The molecule has 2 aliphatic rings. The third kappa shape index (κ3) is 6.36. The third-order valence-electron chi connectivity index (χ3n) is 6.01. The Balaban J connectivity index is 0.00000280. The highest BCUT2D eigenvalue weighted by Crippen LogP contribution is 2.27. The van der Waals surface area contributed by atoms with Crippen LogP contribution in [-0.2, 0) is 4.79 Å². The molecule has 1 amide bonds. The first kappa shape index (κ1) is 23.0. The molecule has 1 aromatic rings. The van der Waals surface area contributed by atoms with Crippen LogP contribution >= 0.6 is 24.0 Å². The number of amides is 1. The van der Waals surface area contributed by atoms with Crippen LogP contribution in [0.2, 0.25) is 0 Å². The zero-order valence-corrected chi connectivity index (χ0v) is 19.5. The molecule has 28 heavy (non-hydrogen) atoms. The van der Waals surface area contributed by atoms with Gasteiger partial charge in [0.25, 0.3) is 0 Å². The second-order valence-corrected chi connectivity index (χ2v) is 7.99. The van der Waals surface area contributed by atoms with Gasteiger partial charge in [0.2, 0.25) is 5.91 Å². The van der Waals surface area contributed by atoms with Crippen LogP contribution in [-0.4, -0.2) is 49.5 Å². The van der Waals surface area contributed by atoms with Crippen molar-refractivity contribution in [3.63, 3.8) is 0 Å². The highest BCUT2D eigenvalue weighted by molar-refractivity contribution is 14.0. The lowest BCUT2D eigenvalue weighted by Crippen LogP contribution is -2.45. The monoisotopic (exact) mass is 498 g/mol. The smallest absolute Gasteiger partial charge is 0.225 e. The number of aliphatic imine (C=N–C) groups is 1. The van der Waals surface area contributed by atoms with Crippen molar-refractivity contribution in [3.8, 4) is 0 Å². The molecule has 6 heteroatoms. The first-order valence-corrected chi connectivity index (χ1v) is 10.5. The van der Waals surface area contributed by atoms with E-state index in [9.17, 15) is 4.79 Å². The van der Waals surface area contributed by atoms with Gasteiger partial charge < -0.3 is 15.5 Å². The SMILES string of the molecule is CN=C(NCCC(C)c1ccccc1)NC1CCN(C(=O)C2CCCC2)C1.I.